The summed E-state index contributed by atoms with van der Waals surface area (Å²) < 4.78 is 49.3. The molecule has 3 nitrogen and oxygen atoms in total. The van der Waals surface area contributed by atoms with Crippen LogP contribution in [0.15, 0.2) is 42.5 Å². The van der Waals surface area contributed by atoms with Crippen LogP contribution in [0.1, 0.15) is 11.1 Å². The van der Waals surface area contributed by atoms with Gasteiger partial charge in [-0.05, 0) is 29.8 Å². The van der Waals surface area contributed by atoms with Crippen molar-refractivity contribution < 1.29 is 22.6 Å². The van der Waals surface area contributed by atoms with Crippen LogP contribution >= 0.6 is 0 Å². The van der Waals surface area contributed by atoms with Crippen LogP contribution in [-0.4, -0.2) is 7.11 Å². The minimum absolute atomic E-state index is 0.0282. The maximum Gasteiger partial charge on any atom is 0.416 e. The Hall–Kier alpha value is -2.21. The summed E-state index contributed by atoms with van der Waals surface area (Å²) in [5, 5.41) is 0. The quantitative estimate of drug-likeness (QED) is 0.929. The molecule has 2 N–H and O–H groups in total. The molecule has 0 heterocycles. The van der Waals surface area contributed by atoms with E-state index in [0.29, 0.717) is 11.5 Å². The number of hydrogen-bond donors (Lipinski definition) is 1. The molecule has 0 bridgehead atoms. The first-order valence-electron chi connectivity index (χ1n) is 6.16. The van der Waals surface area contributed by atoms with Gasteiger partial charge in [0.05, 0.1) is 12.7 Å². The second kappa shape index (κ2) is 6.05. The molecule has 0 aliphatic heterocycles. The van der Waals surface area contributed by atoms with Crippen LogP contribution < -0.4 is 15.2 Å². The Labute approximate surface area is 120 Å². The highest BCUT2D eigenvalue weighted by Crippen LogP contribution is 2.35. The fourth-order valence-corrected chi connectivity index (χ4v) is 1.86. The van der Waals surface area contributed by atoms with E-state index in [0.717, 1.165) is 6.07 Å². The number of nitrogens with two attached hydrogens (primary N) is 1. The summed E-state index contributed by atoms with van der Waals surface area (Å²) in [6.45, 7) is -0.186. The molecule has 21 heavy (non-hydrogen) atoms. The minimum Gasteiger partial charge on any atom is -0.497 e. The molecule has 0 aromatic heterocycles. The third-order valence-corrected chi connectivity index (χ3v) is 2.88. The van der Waals surface area contributed by atoms with Crippen LogP contribution in [0.2, 0.25) is 0 Å². The van der Waals surface area contributed by atoms with Crippen molar-refractivity contribution in [1.82, 2.24) is 0 Å². The number of hydrogen-bond acceptors (Lipinski definition) is 3. The molecule has 0 radical (unpaired) electrons. The normalized spacial score (nSPS) is 11.3. The number of ether oxygens (including phenoxy) is 2. The van der Waals surface area contributed by atoms with Gasteiger partial charge in [0.1, 0.15) is 17.2 Å². The fraction of sp³-hybridized carbons (Fsp3) is 0.200. The van der Waals surface area contributed by atoms with Crippen LogP contribution in [0.25, 0.3) is 0 Å². The molecule has 2 aromatic carbocycles. The Bertz CT molecular complexity index is 627. The molecule has 6 heteroatoms. The molecular weight excluding hydrogens is 283 g/mol. The van der Waals surface area contributed by atoms with Crippen molar-refractivity contribution >= 4 is 0 Å². The number of alkyl halides is 3. The standard InChI is InChI=1S/C15H14F3NO2/c1-20-11-3-2-4-12(7-11)21-13-6-5-10(9-19)14(8-13)15(16,17)18/h2-8H,9,19H2,1H3. The summed E-state index contributed by atoms with van der Waals surface area (Å²) >= 11 is 0. The Morgan fingerprint density at radius 3 is 2.29 bits per heavy atom. The maximum absolute atomic E-state index is 12.9. The van der Waals surface area contributed by atoms with E-state index in [2.05, 4.69) is 0 Å². The van der Waals surface area contributed by atoms with Crippen LogP contribution in [0.5, 0.6) is 17.2 Å². The molecule has 0 aliphatic carbocycles. The summed E-state index contributed by atoms with van der Waals surface area (Å²) in [7, 11) is 1.50. The highest BCUT2D eigenvalue weighted by molar-refractivity contribution is 5.41. The smallest absolute Gasteiger partial charge is 0.416 e. The molecule has 0 fully saturated rings. The summed E-state index contributed by atoms with van der Waals surface area (Å²) in [4.78, 5) is 0. The number of halogens is 3. The van der Waals surface area contributed by atoms with Crippen LogP contribution in [0, 0.1) is 0 Å². The number of rotatable bonds is 4. The van der Waals surface area contributed by atoms with E-state index in [4.69, 9.17) is 15.2 Å². The third kappa shape index (κ3) is 3.66. The SMILES string of the molecule is COc1cccc(Oc2ccc(CN)c(C(F)(F)F)c2)c1. The molecule has 0 amide bonds. The largest absolute Gasteiger partial charge is 0.497 e. The van der Waals surface area contributed by atoms with Crippen molar-refractivity contribution in [2.75, 3.05) is 7.11 Å². The lowest BCUT2D eigenvalue weighted by Crippen LogP contribution is -2.12. The Morgan fingerprint density at radius 2 is 1.67 bits per heavy atom. The summed E-state index contributed by atoms with van der Waals surface area (Å²) in [6.07, 6.45) is -4.47. The van der Waals surface area contributed by atoms with Gasteiger partial charge in [0.25, 0.3) is 0 Å². The second-order valence-electron chi connectivity index (χ2n) is 4.30. The molecule has 0 saturated carbocycles. The van der Waals surface area contributed by atoms with E-state index >= 15 is 0 Å². The molecular formula is C15H14F3NO2. The van der Waals surface area contributed by atoms with Gasteiger partial charge in [-0.1, -0.05) is 12.1 Å². The Morgan fingerprint density at radius 1 is 1.00 bits per heavy atom. The van der Waals surface area contributed by atoms with Gasteiger partial charge in [-0.2, -0.15) is 13.2 Å². The molecule has 2 rings (SSSR count). The van der Waals surface area contributed by atoms with Crippen molar-refractivity contribution in [2.45, 2.75) is 12.7 Å². The second-order valence-corrected chi connectivity index (χ2v) is 4.30. The van der Waals surface area contributed by atoms with Gasteiger partial charge < -0.3 is 15.2 Å². The first kappa shape index (κ1) is 15.2. The van der Waals surface area contributed by atoms with E-state index in [-0.39, 0.29) is 17.9 Å². The zero-order valence-corrected chi connectivity index (χ0v) is 11.3. The predicted molar refractivity (Wildman–Crippen MR) is 72.4 cm³/mol. The van der Waals surface area contributed by atoms with E-state index in [1.54, 1.807) is 24.3 Å². The van der Waals surface area contributed by atoms with Crippen LogP contribution in [0.4, 0.5) is 13.2 Å². The van der Waals surface area contributed by atoms with Gasteiger partial charge >= 0.3 is 6.18 Å². The maximum atomic E-state index is 12.9. The Balaban J connectivity index is 2.32. The van der Waals surface area contributed by atoms with E-state index in [9.17, 15) is 13.2 Å². The summed E-state index contributed by atoms with van der Waals surface area (Å²) in [6, 6.07) is 10.3. The lowest BCUT2D eigenvalue weighted by Gasteiger charge is -2.14. The van der Waals surface area contributed by atoms with Gasteiger partial charge in [-0.25, -0.2) is 0 Å². The monoisotopic (exact) mass is 297 g/mol. The number of methoxy groups -OCH3 is 1. The van der Waals surface area contributed by atoms with Gasteiger partial charge in [0, 0.05) is 12.6 Å². The molecule has 0 spiro atoms. The topological polar surface area (TPSA) is 44.5 Å². The molecule has 0 atom stereocenters. The average Bonchev–Trinajstić information content (AvgIpc) is 2.46. The molecule has 0 saturated heterocycles. The zero-order chi connectivity index (χ0) is 15.5. The highest BCUT2D eigenvalue weighted by Gasteiger charge is 2.33. The molecule has 0 unspecified atom stereocenters. The summed E-state index contributed by atoms with van der Waals surface area (Å²) in [5.41, 5.74) is 4.57. The Kier molecular flexibility index (Phi) is 4.37. The van der Waals surface area contributed by atoms with Crippen molar-refractivity contribution in [3.8, 4) is 17.2 Å². The lowest BCUT2D eigenvalue weighted by molar-refractivity contribution is -0.138. The van der Waals surface area contributed by atoms with Crippen LogP contribution in [-0.2, 0) is 12.7 Å². The van der Waals surface area contributed by atoms with Crippen molar-refractivity contribution in [2.24, 2.45) is 5.73 Å². The highest BCUT2D eigenvalue weighted by atomic mass is 19.4. The van der Waals surface area contributed by atoms with Crippen molar-refractivity contribution in [1.29, 1.82) is 0 Å². The predicted octanol–water partition coefficient (Wildman–Crippen LogP) is 3.97. The van der Waals surface area contributed by atoms with Gasteiger partial charge in [0.15, 0.2) is 0 Å². The van der Waals surface area contributed by atoms with Crippen molar-refractivity contribution in [3.05, 3.63) is 53.6 Å². The molecule has 0 aliphatic rings. The number of benzene rings is 2. The van der Waals surface area contributed by atoms with Gasteiger partial charge in [0.2, 0.25) is 0 Å². The van der Waals surface area contributed by atoms with E-state index in [1.165, 1.54) is 19.2 Å². The fourth-order valence-electron chi connectivity index (χ4n) is 1.86. The van der Waals surface area contributed by atoms with Crippen molar-refractivity contribution in [3.63, 3.8) is 0 Å². The van der Waals surface area contributed by atoms with Gasteiger partial charge in [-0.3, -0.25) is 0 Å². The van der Waals surface area contributed by atoms with E-state index in [1.807, 2.05) is 0 Å². The zero-order valence-electron chi connectivity index (χ0n) is 11.3. The van der Waals surface area contributed by atoms with Gasteiger partial charge in [-0.15, -0.1) is 0 Å². The van der Waals surface area contributed by atoms with E-state index < -0.39 is 11.7 Å². The first-order chi connectivity index (χ1) is 9.94. The lowest BCUT2D eigenvalue weighted by atomic mass is 10.1. The summed E-state index contributed by atoms with van der Waals surface area (Å²) in [5.74, 6) is 1.04. The van der Waals surface area contributed by atoms with Crippen LogP contribution in [0.3, 0.4) is 0 Å². The molecule has 2 aromatic rings. The molecule has 112 valence electrons. The first-order valence-corrected chi connectivity index (χ1v) is 6.16. The minimum atomic E-state index is -4.47. The third-order valence-electron chi connectivity index (χ3n) is 2.88. The average molecular weight is 297 g/mol.